The number of benzene rings is 3. The maximum Gasteiger partial charge on any atom is 0.341 e. The predicted octanol–water partition coefficient (Wildman–Crippen LogP) is 9.52. The molecule has 0 radical (unpaired) electrons. The van der Waals surface area contributed by atoms with Crippen LogP contribution in [0, 0.1) is 26.7 Å². The number of hydrogen-bond donors (Lipinski definition) is 1. The van der Waals surface area contributed by atoms with Crippen molar-refractivity contribution >= 4 is 17.6 Å². The molecule has 0 aromatic heterocycles. The maximum absolute atomic E-state index is 11.4. The maximum atomic E-state index is 11.4. The smallest absolute Gasteiger partial charge is 0.341 e. The fourth-order valence-corrected chi connectivity index (χ4v) is 5.95. The number of ether oxygens (including phenoxy) is 3. The molecule has 1 N–H and O–H groups in total. The molecule has 5 nitrogen and oxygen atoms in total. The molecule has 1 aliphatic heterocycles. The third-order valence-corrected chi connectivity index (χ3v) is 8.26. The number of aryl methyl sites for hydroxylation is 2. The van der Waals surface area contributed by atoms with Gasteiger partial charge in [-0.2, -0.15) is 0 Å². The Bertz CT molecular complexity index is 1400. The first kappa shape index (κ1) is 30.7. The molecule has 0 spiro atoms. The van der Waals surface area contributed by atoms with E-state index >= 15 is 0 Å². The van der Waals surface area contributed by atoms with Gasteiger partial charge in [0.2, 0.25) is 0 Å². The average molecular weight is 577 g/mol. The van der Waals surface area contributed by atoms with Crippen LogP contribution in [0.4, 0.5) is 0 Å². The molecule has 3 aromatic carbocycles. The number of halogens is 1. The Morgan fingerprint density at radius 3 is 2.56 bits per heavy atom. The molecular formula is C35H41ClO5. The highest BCUT2D eigenvalue weighted by atomic mass is 35.5. The second-order valence-corrected chi connectivity index (χ2v) is 11.7. The molecule has 0 aliphatic carbocycles. The highest BCUT2D eigenvalue weighted by molar-refractivity contribution is 6.30. The second-order valence-electron chi connectivity index (χ2n) is 11.3. The highest BCUT2D eigenvalue weighted by Gasteiger charge is 2.41. The van der Waals surface area contributed by atoms with Crippen molar-refractivity contribution in [1.29, 1.82) is 0 Å². The van der Waals surface area contributed by atoms with Gasteiger partial charge in [0.1, 0.15) is 17.2 Å². The fourth-order valence-electron chi connectivity index (χ4n) is 5.76. The van der Waals surface area contributed by atoms with Gasteiger partial charge in [-0.25, -0.2) is 4.79 Å². The van der Waals surface area contributed by atoms with E-state index in [-0.39, 0.29) is 24.0 Å². The number of hydrogen-bond acceptors (Lipinski definition) is 4. The molecule has 3 aromatic rings. The summed E-state index contributed by atoms with van der Waals surface area (Å²) in [4.78, 5) is 11.4. The topological polar surface area (TPSA) is 65.0 Å². The summed E-state index contributed by atoms with van der Waals surface area (Å²) < 4.78 is 19.2. The van der Waals surface area contributed by atoms with Gasteiger partial charge in [0, 0.05) is 22.4 Å². The van der Waals surface area contributed by atoms with Crippen molar-refractivity contribution in [2.45, 2.75) is 78.4 Å². The third kappa shape index (κ3) is 7.52. The minimum absolute atomic E-state index is 0.0257. The van der Waals surface area contributed by atoms with E-state index in [0.29, 0.717) is 16.5 Å². The quantitative estimate of drug-likeness (QED) is 0.230. The Balaban J connectivity index is 1.77. The van der Waals surface area contributed by atoms with Gasteiger partial charge in [-0.05, 0) is 99.2 Å². The molecule has 218 valence electrons. The van der Waals surface area contributed by atoms with Crippen LogP contribution < -0.4 is 9.47 Å². The first-order valence-electron chi connectivity index (χ1n) is 14.4. The first-order chi connectivity index (χ1) is 19.6. The minimum Gasteiger partial charge on any atom is -0.482 e. The summed E-state index contributed by atoms with van der Waals surface area (Å²) in [6.07, 6.45) is 3.39. The van der Waals surface area contributed by atoms with Gasteiger partial charge in [0.25, 0.3) is 0 Å². The first-order valence-corrected chi connectivity index (χ1v) is 14.8. The van der Waals surface area contributed by atoms with Crippen LogP contribution in [0.1, 0.15) is 79.4 Å². The lowest BCUT2D eigenvalue weighted by Crippen LogP contribution is -2.36. The number of carboxylic acid groups (broad SMARTS) is 1. The number of rotatable bonds is 11. The van der Waals surface area contributed by atoms with Crippen molar-refractivity contribution in [2.24, 2.45) is 5.92 Å². The zero-order chi connectivity index (χ0) is 29.7. The van der Waals surface area contributed by atoms with Crippen molar-refractivity contribution in [3.63, 3.8) is 0 Å². The Morgan fingerprint density at radius 1 is 1.10 bits per heavy atom. The zero-order valence-corrected chi connectivity index (χ0v) is 25.5. The van der Waals surface area contributed by atoms with Crippen molar-refractivity contribution in [3.05, 3.63) is 99.6 Å². The molecule has 0 saturated carbocycles. The molecule has 4 rings (SSSR count). The van der Waals surface area contributed by atoms with E-state index in [0.717, 1.165) is 64.8 Å². The van der Waals surface area contributed by atoms with E-state index in [1.165, 1.54) is 0 Å². The molecule has 0 unspecified atom stereocenters. The van der Waals surface area contributed by atoms with Crippen LogP contribution in [0.5, 0.6) is 17.2 Å². The predicted molar refractivity (Wildman–Crippen MR) is 165 cm³/mol. The monoisotopic (exact) mass is 576 g/mol. The van der Waals surface area contributed by atoms with Crippen LogP contribution in [0.15, 0.2) is 66.7 Å². The lowest BCUT2D eigenvalue weighted by molar-refractivity contribution is -0.139. The lowest BCUT2D eigenvalue weighted by Gasteiger charge is -2.43. The van der Waals surface area contributed by atoms with E-state index in [1.807, 2.05) is 57.2 Å². The second kappa shape index (κ2) is 13.6. The van der Waals surface area contributed by atoms with E-state index in [1.54, 1.807) is 6.07 Å². The lowest BCUT2D eigenvalue weighted by atomic mass is 9.74. The fraction of sp³-hybridized carbons (Fsp3) is 0.400. The molecule has 1 saturated heterocycles. The van der Waals surface area contributed by atoms with Gasteiger partial charge >= 0.3 is 5.97 Å². The summed E-state index contributed by atoms with van der Waals surface area (Å²) in [5, 5.41) is 10.1. The van der Waals surface area contributed by atoms with Crippen LogP contribution >= 0.6 is 11.6 Å². The largest absolute Gasteiger partial charge is 0.482 e. The summed E-state index contributed by atoms with van der Waals surface area (Å²) in [6.45, 7) is 14.3. The summed E-state index contributed by atoms with van der Waals surface area (Å²) in [7, 11) is 0. The van der Waals surface area contributed by atoms with Crippen LogP contribution in [0.2, 0.25) is 5.02 Å². The van der Waals surface area contributed by atoms with Gasteiger partial charge in [0.05, 0.1) is 12.2 Å². The number of carboxylic acids is 1. The third-order valence-electron chi connectivity index (χ3n) is 8.03. The van der Waals surface area contributed by atoms with E-state index in [2.05, 4.69) is 32.6 Å². The van der Waals surface area contributed by atoms with Crippen LogP contribution in [-0.4, -0.2) is 23.8 Å². The standard InChI is InChI=1S/C35H41ClO5/c1-7-8-12-32-29(25-10-9-11-26(36)17-25)19-28(21(2)3)35(41-32)30-18-27(13-14-31(30)39-20-34(37)38)40-33-16-22(4)15-23(5)24(33)6/h9-11,13-18,28-29,32,35H,2,7-8,12,19-20H2,1,3-6H3,(H,37,38)/t28-,29-,32+,35+/m0/s1. The van der Waals surface area contributed by atoms with Crippen molar-refractivity contribution in [1.82, 2.24) is 0 Å². The normalized spacial score (nSPS) is 20.4. The van der Waals surface area contributed by atoms with E-state index < -0.39 is 12.6 Å². The van der Waals surface area contributed by atoms with Crippen LogP contribution in [0.25, 0.3) is 0 Å². The Hall–Kier alpha value is -3.28. The highest BCUT2D eigenvalue weighted by Crippen LogP contribution is 2.50. The van der Waals surface area contributed by atoms with Crippen LogP contribution in [-0.2, 0) is 9.53 Å². The molecule has 0 bridgehead atoms. The minimum atomic E-state index is -1.04. The van der Waals surface area contributed by atoms with Gasteiger partial charge < -0.3 is 19.3 Å². The van der Waals surface area contributed by atoms with Gasteiger partial charge in [-0.3, -0.25) is 0 Å². The SMILES string of the molecule is C=C(C)[C@@H]1C[C@@H](c2cccc(Cl)c2)[C@@H](CCCC)O[C@H]1c1cc(Oc2cc(C)cc(C)c2C)ccc1OCC(=O)O. The van der Waals surface area contributed by atoms with Crippen molar-refractivity contribution < 1.29 is 24.1 Å². The average Bonchev–Trinajstić information content (AvgIpc) is 2.93. The van der Waals surface area contributed by atoms with Crippen molar-refractivity contribution in [3.8, 4) is 17.2 Å². The van der Waals surface area contributed by atoms with Crippen molar-refractivity contribution in [2.75, 3.05) is 6.61 Å². The molecule has 1 fully saturated rings. The summed E-state index contributed by atoms with van der Waals surface area (Å²) in [6, 6.07) is 17.7. The molecule has 4 atom stereocenters. The summed E-state index contributed by atoms with van der Waals surface area (Å²) in [5.41, 5.74) is 6.27. The van der Waals surface area contributed by atoms with E-state index in [9.17, 15) is 9.90 Å². The zero-order valence-electron chi connectivity index (χ0n) is 24.7. The van der Waals surface area contributed by atoms with Gasteiger partial charge in [-0.1, -0.05) is 61.7 Å². The van der Waals surface area contributed by atoms with Crippen LogP contribution in [0.3, 0.4) is 0 Å². The summed E-state index contributed by atoms with van der Waals surface area (Å²) >= 11 is 6.40. The molecule has 1 heterocycles. The number of carbonyl (C=O) groups is 1. The Morgan fingerprint density at radius 2 is 1.88 bits per heavy atom. The number of unbranched alkanes of at least 4 members (excludes halogenated alkanes) is 1. The molecule has 6 heteroatoms. The Kier molecular flexibility index (Phi) is 10.2. The molecular weight excluding hydrogens is 536 g/mol. The van der Waals surface area contributed by atoms with E-state index in [4.69, 9.17) is 25.8 Å². The molecule has 41 heavy (non-hydrogen) atoms. The Labute approximate surface area is 249 Å². The van der Waals surface area contributed by atoms with Gasteiger partial charge in [-0.15, -0.1) is 0 Å². The summed E-state index contributed by atoms with van der Waals surface area (Å²) in [5.74, 6) is 0.993. The molecule has 0 amide bonds. The molecule has 1 aliphatic rings. The van der Waals surface area contributed by atoms with Gasteiger partial charge in [0.15, 0.2) is 6.61 Å². The number of aliphatic carboxylic acids is 1.